The lowest BCUT2D eigenvalue weighted by molar-refractivity contribution is 0.278. The van der Waals surface area contributed by atoms with E-state index in [1.165, 1.54) is 0 Å². The fourth-order valence-corrected chi connectivity index (χ4v) is 2.87. The van der Waals surface area contributed by atoms with E-state index in [-0.39, 0.29) is 13.2 Å². The van der Waals surface area contributed by atoms with Gasteiger partial charge >= 0.3 is 0 Å². The fraction of sp³-hybridized carbons (Fsp3) is 0.200. The maximum Gasteiger partial charge on any atom is 0.0692 e. The van der Waals surface area contributed by atoms with Crippen LogP contribution in [0.25, 0.3) is 0 Å². The molecule has 0 amide bonds. The second-order valence-electron chi connectivity index (χ2n) is 4.17. The summed E-state index contributed by atoms with van der Waals surface area (Å²) in [7, 11) is 0. The molecule has 0 atom stereocenters. The Morgan fingerprint density at radius 1 is 0.895 bits per heavy atom. The van der Waals surface area contributed by atoms with Crippen molar-refractivity contribution in [2.24, 2.45) is 5.73 Å². The van der Waals surface area contributed by atoms with Crippen LogP contribution in [-0.4, -0.2) is 10.2 Å². The highest BCUT2D eigenvalue weighted by molar-refractivity contribution is 7.99. The summed E-state index contributed by atoms with van der Waals surface area (Å²) < 4.78 is 0. The maximum absolute atomic E-state index is 9.44. The lowest BCUT2D eigenvalue weighted by Gasteiger charge is -2.11. The number of hydrogen-bond acceptors (Lipinski definition) is 4. The maximum atomic E-state index is 9.44. The smallest absolute Gasteiger partial charge is 0.0692 e. The topological polar surface area (TPSA) is 66.5 Å². The van der Waals surface area contributed by atoms with Crippen LogP contribution in [0.15, 0.2) is 52.3 Å². The van der Waals surface area contributed by atoms with Crippen molar-refractivity contribution >= 4 is 11.8 Å². The molecule has 4 N–H and O–H groups in total. The second-order valence-corrected chi connectivity index (χ2v) is 5.26. The van der Waals surface area contributed by atoms with Crippen molar-refractivity contribution in [2.45, 2.75) is 29.5 Å². The van der Waals surface area contributed by atoms with E-state index in [4.69, 9.17) is 5.73 Å². The average Bonchev–Trinajstić information content (AvgIpc) is 2.48. The Bertz CT molecular complexity index is 558. The van der Waals surface area contributed by atoms with Gasteiger partial charge in [0.25, 0.3) is 0 Å². The minimum atomic E-state index is -0.0164. The molecule has 0 spiro atoms. The van der Waals surface area contributed by atoms with E-state index >= 15 is 0 Å². The molecule has 0 aliphatic heterocycles. The van der Waals surface area contributed by atoms with Crippen molar-refractivity contribution in [1.82, 2.24) is 0 Å². The first kappa shape index (κ1) is 14.1. The van der Waals surface area contributed by atoms with Crippen LogP contribution in [0.1, 0.15) is 16.7 Å². The first-order chi connectivity index (χ1) is 9.28. The zero-order valence-electron chi connectivity index (χ0n) is 10.5. The molecule has 0 aromatic heterocycles. The van der Waals surface area contributed by atoms with Crippen LogP contribution in [-0.2, 0) is 19.8 Å². The van der Waals surface area contributed by atoms with E-state index in [0.29, 0.717) is 6.54 Å². The van der Waals surface area contributed by atoms with Crippen LogP contribution in [0, 0.1) is 0 Å². The number of hydrogen-bond donors (Lipinski definition) is 3. The predicted octanol–water partition coefficient (Wildman–Crippen LogP) is 2.28. The van der Waals surface area contributed by atoms with Gasteiger partial charge in [-0.15, -0.1) is 0 Å². The van der Waals surface area contributed by atoms with E-state index in [2.05, 4.69) is 0 Å². The Labute approximate surface area is 117 Å². The molecular formula is C15H17NO2S. The van der Waals surface area contributed by atoms with Gasteiger partial charge in [-0.2, -0.15) is 0 Å². The predicted molar refractivity (Wildman–Crippen MR) is 76.7 cm³/mol. The summed E-state index contributed by atoms with van der Waals surface area (Å²) in [6, 6.07) is 13.6. The number of nitrogens with two attached hydrogens (primary N) is 1. The number of benzene rings is 2. The summed E-state index contributed by atoms with van der Waals surface area (Å²) in [6.45, 7) is 0.459. The third kappa shape index (κ3) is 3.36. The lowest BCUT2D eigenvalue weighted by Crippen LogP contribution is -1.98. The highest BCUT2D eigenvalue weighted by atomic mass is 32.2. The lowest BCUT2D eigenvalue weighted by atomic mass is 10.1. The molecule has 0 fully saturated rings. The Hall–Kier alpha value is -1.33. The molecule has 2 aromatic rings. The molecule has 0 aliphatic rings. The molecule has 0 bridgehead atoms. The summed E-state index contributed by atoms with van der Waals surface area (Å²) in [5.41, 5.74) is 8.35. The summed E-state index contributed by atoms with van der Waals surface area (Å²) in [4.78, 5) is 1.99. The summed E-state index contributed by atoms with van der Waals surface area (Å²) in [6.07, 6.45) is 0. The minimum absolute atomic E-state index is 0.0124. The Morgan fingerprint density at radius 3 is 2.26 bits per heavy atom. The van der Waals surface area contributed by atoms with Crippen LogP contribution < -0.4 is 5.73 Å². The van der Waals surface area contributed by atoms with Crippen LogP contribution >= 0.6 is 11.8 Å². The quantitative estimate of drug-likeness (QED) is 0.783. The molecule has 2 aromatic carbocycles. The fourth-order valence-electron chi connectivity index (χ4n) is 1.84. The van der Waals surface area contributed by atoms with E-state index in [1.54, 1.807) is 11.8 Å². The van der Waals surface area contributed by atoms with Crippen LogP contribution in [0.5, 0.6) is 0 Å². The molecule has 0 saturated heterocycles. The molecule has 19 heavy (non-hydrogen) atoms. The van der Waals surface area contributed by atoms with Gasteiger partial charge in [-0.3, -0.25) is 0 Å². The number of aliphatic hydroxyl groups excluding tert-OH is 2. The number of aliphatic hydroxyl groups is 2. The van der Waals surface area contributed by atoms with Crippen LogP contribution in [0.4, 0.5) is 0 Å². The van der Waals surface area contributed by atoms with E-state index in [0.717, 1.165) is 26.5 Å². The second kappa shape index (κ2) is 6.73. The van der Waals surface area contributed by atoms with Gasteiger partial charge in [-0.1, -0.05) is 42.1 Å². The van der Waals surface area contributed by atoms with Crippen molar-refractivity contribution in [3.8, 4) is 0 Å². The third-order valence-corrected chi connectivity index (χ3v) is 4.13. The molecule has 0 saturated carbocycles. The van der Waals surface area contributed by atoms with Gasteiger partial charge < -0.3 is 15.9 Å². The van der Waals surface area contributed by atoms with Gasteiger partial charge in [-0.25, -0.2) is 0 Å². The minimum Gasteiger partial charge on any atom is -0.392 e. The standard InChI is InChI=1S/C15H17NO2S/c16-8-11-5-6-15(13(7-11)10-18)19-14-4-2-1-3-12(14)9-17/h1-7,17-18H,8-10,16H2. The highest BCUT2D eigenvalue weighted by Crippen LogP contribution is 2.33. The van der Waals surface area contributed by atoms with E-state index < -0.39 is 0 Å². The molecule has 4 heteroatoms. The van der Waals surface area contributed by atoms with Crippen molar-refractivity contribution in [3.63, 3.8) is 0 Å². The molecule has 100 valence electrons. The molecule has 0 radical (unpaired) electrons. The van der Waals surface area contributed by atoms with Gasteiger partial charge in [0, 0.05) is 16.3 Å². The van der Waals surface area contributed by atoms with E-state index in [9.17, 15) is 10.2 Å². The highest BCUT2D eigenvalue weighted by Gasteiger charge is 2.07. The largest absolute Gasteiger partial charge is 0.392 e. The monoisotopic (exact) mass is 275 g/mol. The Morgan fingerprint density at radius 2 is 1.58 bits per heavy atom. The van der Waals surface area contributed by atoms with Gasteiger partial charge in [0.2, 0.25) is 0 Å². The van der Waals surface area contributed by atoms with Crippen molar-refractivity contribution in [3.05, 3.63) is 59.2 Å². The van der Waals surface area contributed by atoms with Crippen molar-refractivity contribution in [2.75, 3.05) is 0 Å². The molecule has 3 nitrogen and oxygen atoms in total. The molecular weight excluding hydrogens is 258 g/mol. The summed E-state index contributed by atoms with van der Waals surface area (Å²) in [5, 5.41) is 18.8. The van der Waals surface area contributed by atoms with Gasteiger partial charge in [0.15, 0.2) is 0 Å². The first-order valence-electron chi connectivity index (χ1n) is 6.07. The SMILES string of the molecule is NCc1ccc(Sc2ccccc2CO)c(CO)c1. The zero-order chi connectivity index (χ0) is 13.7. The third-order valence-electron chi connectivity index (χ3n) is 2.89. The molecule has 0 heterocycles. The van der Waals surface area contributed by atoms with Gasteiger partial charge in [-0.05, 0) is 28.8 Å². The van der Waals surface area contributed by atoms with Crippen molar-refractivity contribution < 1.29 is 10.2 Å². The molecule has 0 unspecified atom stereocenters. The Balaban J connectivity index is 2.32. The normalized spacial score (nSPS) is 10.7. The number of rotatable bonds is 5. The molecule has 2 rings (SSSR count). The summed E-state index contributed by atoms with van der Waals surface area (Å²) in [5.74, 6) is 0. The van der Waals surface area contributed by atoms with E-state index in [1.807, 2.05) is 42.5 Å². The molecule has 0 aliphatic carbocycles. The summed E-state index contributed by atoms with van der Waals surface area (Å²) >= 11 is 1.55. The van der Waals surface area contributed by atoms with Crippen LogP contribution in [0.2, 0.25) is 0 Å². The van der Waals surface area contributed by atoms with Gasteiger partial charge in [0.1, 0.15) is 0 Å². The van der Waals surface area contributed by atoms with Gasteiger partial charge in [0.05, 0.1) is 13.2 Å². The van der Waals surface area contributed by atoms with Crippen molar-refractivity contribution in [1.29, 1.82) is 0 Å². The average molecular weight is 275 g/mol. The zero-order valence-corrected chi connectivity index (χ0v) is 11.4. The first-order valence-corrected chi connectivity index (χ1v) is 6.89. The van der Waals surface area contributed by atoms with Crippen LogP contribution in [0.3, 0.4) is 0 Å². The Kier molecular flexibility index (Phi) is 4.99.